The average molecular weight is 565 g/mol. The first-order valence-electron chi connectivity index (χ1n) is 11.3. The lowest BCUT2D eigenvalue weighted by atomic mass is 9.84. The van der Waals surface area contributed by atoms with Crippen molar-refractivity contribution in [1.82, 2.24) is 15.3 Å². The Morgan fingerprint density at radius 3 is 2.67 bits per heavy atom. The molecule has 1 saturated carbocycles. The first-order chi connectivity index (χ1) is 17.2. The van der Waals surface area contributed by atoms with Crippen LogP contribution in [0.4, 0.5) is 19.0 Å². The number of amides is 1. The SMILES string of the molecule is Nc1ncc([C@H]2CCC(O)[C@@H](F)C2)nc1-c1ccc(C(=O)N[C@H](CO)c2cc(F)cc(Br)c2)c(F)c1. The molecule has 0 aliphatic heterocycles. The molecule has 36 heavy (non-hydrogen) atoms. The van der Waals surface area contributed by atoms with Crippen LogP contribution in [0.2, 0.25) is 0 Å². The van der Waals surface area contributed by atoms with Crippen molar-refractivity contribution in [1.29, 1.82) is 0 Å². The van der Waals surface area contributed by atoms with Gasteiger partial charge in [-0.05, 0) is 55.2 Å². The summed E-state index contributed by atoms with van der Waals surface area (Å²) in [5, 5.41) is 21.8. The number of aliphatic hydroxyl groups is 2. The van der Waals surface area contributed by atoms with Gasteiger partial charge < -0.3 is 21.3 Å². The van der Waals surface area contributed by atoms with Crippen LogP contribution in [-0.2, 0) is 0 Å². The van der Waals surface area contributed by atoms with Crippen LogP contribution in [0.15, 0.2) is 47.1 Å². The topological polar surface area (TPSA) is 121 Å². The van der Waals surface area contributed by atoms with E-state index in [4.69, 9.17) is 5.73 Å². The number of aromatic nitrogens is 2. The highest BCUT2D eigenvalue weighted by molar-refractivity contribution is 9.10. The lowest BCUT2D eigenvalue weighted by Crippen LogP contribution is -2.31. The second-order valence-electron chi connectivity index (χ2n) is 8.73. The molecule has 2 aromatic carbocycles. The van der Waals surface area contributed by atoms with Crippen molar-refractivity contribution < 1.29 is 28.2 Å². The minimum absolute atomic E-state index is 0.0417. The van der Waals surface area contributed by atoms with Crippen molar-refractivity contribution >= 4 is 27.7 Å². The standard InChI is InChI=1S/C25H24BrF3N4O3/c26-15-5-14(6-16(27)9-15)21(11-34)33-25(36)17-3-1-13(8-18(17)28)23-24(30)31-10-20(32-23)12-2-4-22(35)19(29)7-12/h1,3,5-6,8-10,12,19,21-22,34-35H,2,4,7,11H2,(H2,30,31)(H,33,36)/t12-,19-,21+,22?/m0/s1. The van der Waals surface area contributed by atoms with E-state index >= 15 is 0 Å². The zero-order valence-corrected chi connectivity index (χ0v) is 20.6. The Morgan fingerprint density at radius 1 is 1.22 bits per heavy atom. The molecule has 11 heteroatoms. The number of anilines is 1. The van der Waals surface area contributed by atoms with Crippen LogP contribution in [0.1, 0.15) is 52.8 Å². The molecule has 4 atom stereocenters. The van der Waals surface area contributed by atoms with Crippen LogP contribution in [0, 0.1) is 11.6 Å². The summed E-state index contributed by atoms with van der Waals surface area (Å²) in [4.78, 5) is 21.3. The fraction of sp³-hybridized carbons (Fsp3) is 0.320. The molecule has 4 rings (SSSR count). The van der Waals surface area contributed by atoms with Gasteiger partial charge in [-0.15, -0.1) is 0 Å². The molecule has 1 aromatic heterocycles. The highest BCUT2D eigenvalue weighted by Crippen LogP contribution is 2.35. The third-order valence-electron chi connectivity index (χ3n) is 6.24. The van der Waals surface area contributed by atoms with E-state index in [2.05, 4.69) is 31.2 Å². The molecule has 7 nitrogen and oxygen atoms in total. The van der Waals surface area contributed by atoms with Gasteiger partial charge in [0, 0.05) is 16.0 Å². The van der Waals surface area contributed by atoms with Gasteiger partial charge in [0.15, 0.2) is 0 Å². The van der Waals surface area contributed by atoms with E-state index in [0.29, 0.717) is 28.6 Å². The number of nitrogens with two attached hydrogens (primary N) is 1. The predicted octanol–water partition coefficient (Wildman–Crippen LogP) is 4.20. The molecule has 0 radical (unpaired) electrons. The number of carbonyl (C=O) groups is 1. The molecule has 0 spiro atoms. The van der Waals surface area contributed by atoms with Gasteiger partial charge in [0.25, 0.3) is 5.91 Å². The Bertz CT molecular complexity index is 1260. The van der Waals surface area contributed by atoms with E-state index < -0.39 is 42.5 Å². The van der Waals surface area contributed by atoms with E-state index in [1.54, 1.807) is 0 Å². The summed E-state index contributed by atoms with van der Waals surface area (Å²) >= 11 is 3.16. The fourth-order valence-electron chi connectivity index (χ4n) is 4.28. The Kier molecular flexibility index (Phi) is 7.91. The lowest BCUT2D eigenvalue weighted by Gasteiger charge is -2.28. The average Bonchev–Trinajstić information content (AvgIpc) is 2.83. The van der Waals surface area contributed by atoms with Crippen molar-refractivity contribution in [2.75, 3.05) is 12.3 Å². The van der Waals surface area contributed by atoms with Crippen LogP contribution in [0.25, 0.3) is 11.3 Å². The van der Waals surface area contributed by atoms with E-state index in [0.717, 1.165) is 12.1 Å². The van der Waals surface area contributed by atoms with E-state index in [1.807, 2.05) is 0 Å². The smallest absolute Gasteiger partial charge is 0.254 e. The first kappa shape index (κ1) is 26.1. The lowest BCUT2D eigenvalue weighted by molar-refractivity contribution is 0.0363. The van der Waals surface area contributed by atoms with E-state index in [-0.39, 0.29) is 35.0 Å². The van der Waals surface area contributed by atoms with Gasteiger partial charge in [-0.2, -0.15) is 0 Å². The summed E-state index contributed by atoms with van der Waals surface area (Å²) in [6.45, 7) is -0.530. The van der Waals surface area contributed by atoms with Crippen LogP contribution in [0.5, 0.6) is 0 Å². The number of nitrogens with zero attached hydrogens (tertiary/aromatic N) is 2. The second-order valence-corrected chi connectivity index (χ2v) is 9.64. The zero-order valence-electron chi connectivity index (χ0n) is 19.0. The largest absolute Gasteiger partial charge is 0.394 e. The highest BCUT2D eigenvalue weighted by atomic mass is 79.9. The van der Waals surface area contributed by atoms with E-state index in [1.165, 1.54) is 30.5 Å². The fourth-order valence-corrected chi connectivity index (χ4v) is 4.77. The molecule has 5 N–H and O–H groups in total. The molecule has 1 heterocycles. The van der Waals surface area contributed by atoms with Crippen LogP contribution >= 0.6 is 15.9 Å². The minimum Gasteiger partial charge on any atom is -0.394 e. The van der Waals surface area contributed by atoms with Crippen molar-refractivity contribution in [3.63, 3.8) is 0 Å². The number of hydrogen-bond donors (Lipinski definition) is 4. The van der Waals surface area contributed by atoms with E-state index in [9.17, 15) is 28.2 Å². The summed E-state index contributed by atoms with van der Waals surface area (Å²) in [6, 6.07) is 6.77. The summed E-state index contributed by atoms with van der Waals surface area (Å²) in [5.41, 5.74) is 6.94. The Morgan fingerprint density at radius 2 is 2.00 bits per heavy atom. The number of carbonyl (C=O) groups excluding carboxylic acids is 1. The molecular weight excluding hydrogens is 541 g/mol. The van der Waals surface area contributed by atoms with Crippen molar-refractivity contribution in [3.8, 4) is 11.3 Å². The number of rotatable bonds is 6. The van der Waals surface area contributed by atoms with Gasteiger partial charge in [-0.25, -0.2) is 23.1 Å². The third kappa shape index (κ3) is 5.69. The summed E-state index contributed by atoms with van der Waals surface area (Å²) in [5.74, 6) is -2.45. The molecule has 1 amide bonds. The van der Waals surface area contributed by atoms with Crippen LogP contribution in [-0.4, -0.2) is 45.0 Å². The molecule has 3 aromatic rings. The van der Waals surface area contributed by atoms with Gasteiger partial charge in [-0.3, -0.25) is 4.79 Å². The molecule has 0 bridgehead atoms. The number of aliphatic hydroxyl groups excluding tert-OH is 2. The van der Waals surface area contributed by atoms with Gasteiger partial charge in [-0.1, -0.05) is 22.0 Å². The van der Waals surface area contributed by atoms with Gasteiger partial charge in [0.05, 0.1) is 36.2 Å². The Balaban J connectivity index is 1.56. The molecule has 1 fully saturated rings. The highest BCUT2D eigenvalue weighted by Gasteiger charge is 2.31. The predicted molar refractivity (Wildman–Crippen MR) is 131 cm³/mol. The van der Waals surface area contributed by atoms with Crippen molar-refractivity contribution in [2.24, 2.45) is 0 Å². The first-order valence-corrected chi connectivity index (χ1v) is 12.1. The second kappa shape index (κ2) is 10.9. The number of halogens is 4. The maximum absolute atomic E-state index is 15.0. The monoisotopic (exact) mass is 564 g/mol. The van der Waals surface area contributed by atoms with Crippen LogP contribution < -0.4 is 11.1 Å². The molecule has 1 aliphatic rings. The van der Waals surface area contributed by atoms with Crippen LogP contribution in [0.3, 0.4) is 0 Å². The molecule has 0 saturated heterocycles. The van der Waals surface area contributed by atoms with Crippen molar-refractivity contribution in [3.05, 3.63) is 75.5 Å². The van der Waals surface area contributed by atoms with Gasteiger partial charge >= 0.3 is 0 Å². The Hall–Kier alpha value is -3.02. The summed E-state index contributed by atoms with van der Waals surface area (Å²) in [7, 11) is 0. The third-order valence-corrected chi connectivity index (χ3v) is 6.70. The molecule has 1 aliphatic carbocycles. The summed E-state index contributed by atoms with van der Waals surface area (Å²) < 4.78 is 43.2. The number of benzene rings is 2. The minimum atomic E-state index is -1.36. The van der Waals surface area contributed by atoms with Crippen molar-refractivity contribution in [2.45, 2.75) is 43.5 Å². The van der Waals surface area contributed by atoms with Gasteiger partial charge in [0.1, 0.15) is 29.3 Å². The number of nitrogens with one attached hydrogen (secondary N) is 1. The normalized spacial score (nSPS) is 20.7. The summed E-state index contributed by atoms with van der Waals surface area (Å²) in [6.07, 6.45) is 0.0155. The molecule has 1 unspecified atom stereocenters. The molecule has 190 valence electrons. The maximum atomic E-state index is 15.0. The Labute approximate surface area is 213 Å². The number of alkyl halides is 1. The zero-order chi connectivity index (χ0) is 26.0. The quantitative estimate of drug-likeness (QED) is 0.356. The number of hydrogen-bond acceptors (Lipinski definition) is 6. The van der Waals surface area contributed by atoms with Gasteiger partial charge in [0.2, 0.25) is 0 Å². The maximum Gasteiger partial charge on any atom is 0.254 e. The number of nitrogen functional groups attached to an aromatic ring is 1. The molecular formula is C25H24BrF3N4O3.